The van der Waals surface area contributed by atoms with E-state index in [1.807, 2.05) is 6.07 Å². The minimum atomic E-state index is -1.20. The number of halogens is 1. The fourth-order valence-corrected chi connectivity index (χ4v) is 2.71. The highest BCUT2D eigenvalue weighted by molar-refractivity contribution is 9.10. The molecule has 142 valence electrons. The summed E-state index contributed by atoms with van der Waals surface area (Å²) in [6.45, 7) is 0. The molecule has 1 amide bonds. The van der Waals surface area contributed by atoms with Crippen LogP contribution in [0.5, 0.6) is 17.2 Å². The zero-order valence-corrected chi connectivity index (χ0v) is 16.5. The number of methoxy groups -OCH3 is 3. The maximum absolute atomic E-state index is 12.3. The van der Waals surface area contributed by atoms with Crippen LogP contribution in [0, 0.1) is 0 Å². The number of carbonyl (C=O) groups excluding carboxylic acids is 1. The summed E-state index contributed by atoms with van der Waals surface area (Å²) in [6.07, 6.45) is 2.85. The van der Waals surface area contributed by atoms with Crippen molar-refractivity contribution in [2.45, 2.75) is 0 Å². The molecule has 0 aliphatic carbocycles. The van der Waals surface area contributed by atoms with Crippen molar-refractivity contribution in [3.05, 3.63) is 52.0 Å². The molecule has 0 unspecified atom stereocenters. The van der Waals surface area contributed by atoms with Crippen molar-refractivity contribution < 1.29 is 28.9 Å². The molecule has 0 heterocycles. The molecule has 27 heavy (non-hydrogen) atoms. The van der Waals surface area contributed by atoms with E-state index in [4.69, 9.17) is 14.2 Å². The molecule has 0 saturated heterocycles. The van der Waals surface area contributed by atoms with E-state index in [0.29, 0.717) is 17.1 Å². The zero-order chi connectivity index (χ0) is 20.0. The zero-order valence-electron chi connectivity index (χ0n) is 14.9. The number of anilines is 1. The van der Waals surface area contributed by atoms with E-state index in [2.05, 4.69) is 21.2 Å². The topological polar surface area (TPSA) is 94.1 Å². The van der Waals surface area contributed by atoms with Crippen molar-refractivity contribution in [2.24, 2.45) is 0 Å². The van der Waals surface area contributed by atoms with Gasteiger partial charge in [0.1, 0.15) is 5.75 Å². The average Bonchev–Trinajstić information content (AvgIpc) is 2.65. The molecule has 0 aromatic heterocycles. The molecule has 0 fully saturated rings. The molecule has 0 aliphatic heterocycles. The van der Waals surface area contributed by atoms with Gasteiger partial charge in [-0.15, -0.1) is 0 Å². The van der Waals surface area contributed by atoms with Crippen molar-refractivity contribution in [3.63, 3.8) is 0 Å². The largest absolute Gasteiger partial charge is 0.496 e. The number of nitrogens with one attached hydrogen (secondary N) is 1. The molecule has 2 aromatic carbocycles. The SMILES string of the molecule is COc1ccc(Br)cc1C=CC(=O)Nc1cc(OC)c(OC)cc1C(=O)O. The Kier molecular flexibility index (Phi) is 6.84. The Morgan fingerprint density at radius 1 is 1.00 bits per heavy atom. The van der Waals surface area contributed by atoms with E-state index in [1.54, 1.807) is 18.2 Å². The van der Waals surface area contributed by atoms with Crippen LogP contribution < -0.4 is 19.5 Å². The van der Waals surface area contributed by atoms with Crippen LogP contribution in [0.4, 0.5) is 5.69 Å². The summed E-state index contributed by atoms with van der Waals surface area (Å²) in [6, 6.07) is 8.06. The maximum Gasteiger partial charge on any atom is 0.337 e. The quantitative estimate of drug-likeness (QED) is 0.641. The van der Waals surface area contributed by atoms with Gasteiger partial charge in [-0.05, 0) is 24.3 Å². The second-order valence-corrected chi connectivity index (χ2v) is 6.18. The summed E-state index contributed by atoms with van der Waals surface area (Å²) in [5.41, 5.74) is 0.665. The predicted molar refractivity (Wildman–Crippen MR) is 105 cm³/mol. The predicted octanol–water partition coefficient (Wildman–Crippen LogP) is 3.83. The lowest BCUT2D eigenvalue weighted by Crippen LogP contribution is -2.12. The number of benzene rings is 2. The van der Waals surface area contributed by atoms with Gasteiger partial charge in [-0.2, -0.15) is 0 Å². The van der Waals surface area contributed by atoms with E-state index < -0.39 is 11.9 Å². The first kappa shape index (κ1) is 20.3. The number of hydrogen-bond donors (Lipinski definition) is 2. The van der Waals surface area contributed by atoms with Gasteiger partial charge >= 0.3 is 5.97 Å². The van der Waals surface area contributed by atoms with Gasteiger partial charge in [0.15, 0.2) is 11.5 Å². The Morgan fingerprint density at radius 3 is 2.22 bits per heavy atom. The smallest absolute Gasteiger partial charge is 0.337 e. The van der Waals surface area contributed by atoms with Crippen LogP contribution >= 0.6 is 15.9 Å². The monoisotopic (exact) mass is 435 g/mol. The third kappa shape index (κ3) is 5.01. The van der Waals surface area contributed by atoms with Gasteiger partial charge in [0, 0.05) is 28.2 Å². The Morgan fingerprint density at radius 2 is 1.63 bits per heavy atom. The minimum absolute atomic E-state index is 0.0935. The first-order chi connectivity index (χ1) is 12.9. The van der Waals surface area contributed by atoms with Crippen molar-refractivity contribution >= 4 is 39.6 Å². The Balaban J connectivity index is 2.30. The van der Waals surface area contributed by atoms with Crippen molar-refractivity contribution in [2.75, 3.05) is 26.6 Å². The van der Waals surface area contributed by atoms with E-state index in [-0.39, 0.29) is 17.0 Å². The lowest BCUT2D eigenvalue weighted by atomic mass is 10.1. The fraction of sp³-hybridized carbons (Fsp3) is 0.158. The third-order valence-corrected chi connectivity index (χ3v) is 4.11. The first-order valence-corrected chi connectivity index (χ1v) is 8.50. The lowest BCUT2D eigenvalue weighted by Gasteiger charge is -2.13. The van der Waals surface area contributed by atoms with Gasteiger partial charge in [0.2, 0.25) is 5.91 Å². The summed E-state index contributed by atoms with van der Waals surface area (Å²) in [5, 5.41) is 11.9. The summed E-state index contributed by atoms with van der Waals surface area (Å²) in [7, 11) is 4.35. The van der Waals surface area contributed by atoms with Crippen LogP contribution in [0.2, 0.25) is 0 Å². The average molecular weight is 436 g/mol. The standard InChI is InChI=1S/C19H18BrNO6/c1-25-15-6-5-12(20)8-11(15)4-7-18(22)21-14-10-17(27-3)16(26-2)9-13(14)19(23)24/h4-10H,1-3H3,(H,21,22)(H,23,24). The number of hydrogen-bond acceptors (Lipinski definition) is 5. The van der Waals surface area contributed by atoms with Crippen molar-refractivity contribution in [1.29, 1.82) is 0 Å². The molecular formula is C19H18BrNO6. The molecule has 0 radical (unpaired) electrons. The van der Waals surface area contributed by atoms with Crippen LogP contribution in [-0.4, -0.2) is 38.3 Å². The van der Waals surface area contributed by atoms with Crippen LogP contribution in [-0.2, 0) is 4.79 Å². The van der Waals surface area contributed by atoms with Gasteiger partial charge < -0.3 is 24.6 Å². The number of amides is 1. The van der Waals surface area contributed by atoms with Gasteiger partial charge in [-0.1, -0.05) is 15.9 Å². The number of ether oxygens (including phenoxy) is 3. The van der Waals surface area contributed by atoms with Gasteiger partial charge in [0.25, 0.3) is 0 Å². The minimum Gasteiger partial charge on any atom is -0.496 e. The summed E-state index contributed by atoms with van der Waals surface area (Å²) in [5.74, 6) is -0.562. The number of aromatic carboxylic acids is 1. The van der Waals surface area contributed by atoms with Crippen LogP contribution in [0.1, 0.15) is 15.9 Å². The molecule has 0 bridgehead atoms. The van der Waals surface area contributed by atoms with Gasteiger partial charge in [-0.25, -0.2) is 4.79 Å². The molecule has 2 N–H and O–H groups in total. The van der Waals surface area contributed by atoms with E-state index in [9.17, 15) is 14.7 Å². The Labute approximate surface area is 164 Å². The molecule has 0 atom stereocenters. The van der Waals surface area contributed by atoms with Crippen LogP contribution in [0.3, 0.4) is 0 Å². The fourth-order valence-electron chi connectivity index (χ4n) is 2.33. The second kappa shape index (κ2) is 9.09. The summed E-state index contributed by atoms with van der Waals surface area (Å²) < 4.78 is 16.3. The van der Waals surface area contributed by atoms with E-state index in [1.165, 1.54) is 39.5 Å². The van der Waals surface area contributed by atoms with E-state index in [0.717, 1.165) is 4.47 Å². The summed E-state index contributed by atoms with van der Waals surface area (Å²) in [4.78, 5) is 23.8. The highest BCUT2D eigenvalue weighted by Crippen LogP contribution is 2.33. The Hall–Kier alpha value is -3.00. The van der Waals surface area contributed by atoms with E-state index >= 15 is 0 Å². The molecule has 2 rings (SSSR count). The number of rotatable bonds is 7. The Bertz CT molecular complexity index is 894. The molecule has 0 spiro atoms. The van der Waals surface area contributed by atoms with Crippen molar-refractivity contribution in [1.82, 2.24) is 0 Å². The molecule has 0 aliphatic rings. The van der Waals surface area contributed by atoms with Gasteiger partial charge in [-0.3, -0.25) is 4.79 Å². The van der Waals surface area contributed by atoms with Crippen LogP contribution in [0.15, 0.2) is 40.9 Å². The maximum atomic E-state index is 12.3. The highest BCUT2D eigenvalue weighted by atomic mass is 79.9. The second-order valence-electron chi connectivity index (χ2n) is 5.27. The number of carboxylic acid groups (broad SMARTS) is 1. The lowest BCUT2D eigenvalue weighted by molar-refractivity contribution is -0.111. The normalized spacial score (nSPS) is 10.5. The third-order valence-electron chi connectivity index (χ3n) is 3.62. The molecule has 8 heteroatoms. The molecular weight excluding hydrogens is 418 g/mol. The number of carbonyl (C=O) groups is 2. The molecule has 7 nitrogen and oxygen atoms in total. The molecule has 2 aromatic rings. The van der Waals surface area contributed by atoms with Crippen LogP contribution in [0.25, 0.3) is 6.08 Å². The molecule has 0 saturated carbocycles. The highest BCUT2D eigenvalue weighted by Gasteiger charge is 2.17. The first-order valence-electron chi connectivity index (χ1n) is 7.71. The van der Waals surface area contributed by atoms with Gasteiger partial charge in [0.05, 0.1) is 32.6 Å². The number of carboxylic acids is 1. The summed E-state index contributed by atoms with van der Waals surface area (Å²) >= 11 is 3.36. The van der Waals surface area contributed by atoms with Crippen molar-refractivity contribution in [3.8, 4) is 17.2 Å².